The van der Waals surface area contributed by atoms with Crippen LogP contribution in [0.5, 0.6) is 0 Å². The molecule has 0 saturated heterocycles. The Morgan fingerprint density at radius 3 is 2.70 bits per heavy atom. The van der Waals surface area contributed by atoms with E-state index in [1.807, 2.05) is 12.1 Å². The fourth-order valence-electron chi connectivity index (χ4n) is 2.84. The van der Waals surface area contributed by atoms with Crippen LogP contribution in [0.1, 0.15) is 22.7 Å². The lowest BCUT2D eigenvalue weighted by Crippen LogP contribution is -2.39. The Morgan fingerprint density at radius 1 is 1.17 bits per heavy atom. The van der Waals surface area contributed by atoms with Crippen LogP contribution >= 0.6 is 12.4 Å². The molecule has 0 bridgehead atoms. The van der Waals surface area contributed by atoms with Crippen LogP contribution in [-0.4, -0.2) is 19.0 Å². The number of halogens is 2. The molecule has 3 rings (SSSR count). The van der Waals surface area contributed by atoms with E-state index in [2.05, 4.69) is 22.8 Å². The average molecular weight is 335 g/mol. The summed E-state index contributed by atoms with van der Waals surface area (Å²) in [6, 6.07) is 14.5. The lowest BCUT2D eigenvalue weighted by Gasteiger charge is -2.27. The molecule has 2 aromatic rings. The van der Waals surface area contributed by atoms with Crippen molar-refractivity contribution in [3.05, 3.63) is 71.0 Å². The van der Waals surface area contributed by atoms with E-state index in [0.717, 1.165) is 18.5 Å². The predicted molar refractivity (Wildman–Crippen MR) is 91.3 cm³/mol. The van der Waals surface area contributed by atoms with Crippen molar-refractivity contribution in [2.45, 2.75) is 18.9 Å². The summed E-state index contributed by atoms with van der Waals surface area (Å²) in [6.07, 6.45) is 1.30. The van der Waals surface area contributed by atoms with Gasteiger partial charge in [0.15, 0.2) is 0 Å². The molecule has 1 heterocycles. The molecule has 1 unspecified atom stereocenters. The van der Waals surface area contributed by atoms with Crippen molar-refractivity contribution in [1.82, 2.24) is 10.6 Å². The third-order valence-electron chi connectivity index (χ3n) is 4.00. The molecule has 0 fully saturated rings. The number of rotatable bonds is 4. The van der Waals surface area contributed by atoms with Crippen LogP contribution in [0.4, 0.5) is 4.39 Å². The molecule has 2 aromatic carbocycles. The monoisotopic (exact) mass is 334 g/mol. The molecule has 2 N–H and O–H groups in total. The topological polar surface area (TPSA) is 41.1 Å². The molecule has 0 aliphatic carbocycles. The minimum Gasteiger partial charge on any atom is -0.354 e. The fourth-order valence-corrected chi connectivity index (χ4v) is 2.84. The molecule has 3 nitrogen and oxygen atoms in total. The Kier molecular flexibility index (Phi) is 6.13. The van der Waals surface area contributed by atoms with Gasteiger partial charge in [0, 0.05) is 12.6 Å². The summed E-state index contributed by atoms with van der Waals surface area (Å²) in [5, 5.41) is 6.40. The summed E-state index contributed by atoms with van der Waals surface area (Å²) in [5.41, 5.74) is 3.42. The Balaban J connectivity index is 0.00000192. The molecule has 122 valence electrons. The fraction of sp³-hybridized carbons (Fsp3) is 0.278. The van der Waals surface area contributed by atoms with Gasteiger partial charge in [-0.1, -0.05) is 36.4 Å². The van der Waals surface area contributed by atoms with Gasteiger partial charge in [0.2, 0.25) is 5.91 Å². The maximum Gasteiger partial charge on any atom is 0.224 e. The van der Waals surface area contributed by atoms with Crippen molar-refractivity contribution in [3.63, 3.8) is 0 Å². The van der Waals surface area contributed by atoms with Crippen molar-refractivity contribution in [1.29, 1.82) is 0 Å². The maximum absolute atomic E-state index is 12.8. The maximum atomic E-state index is 12.8. The van der Waals surface area contributed by atoms with Crippen molar-refractivity contribution < 1.29 is 9.18 Å². The molecular formula is C18H20ClFN2O. The summed E-state index contributed by atoms with van der Waals surface area (Å²) in [4.78, 5) is 12.0. The quantitative estimate of drug-likeness (QED) is 0.902. The first-order valence-electron chi connectivity index (χ1n) is 7.55. The van der Waals surface area contributed by atoms with Crippen LogP contribution in [0.25, 0.3) is 0 Å². The zero-order valence-electron chi connectivity index (χ0n) is 12.7. The molecule has 1 amide bonds. The Hall–Kier alpha value is -1.91. The first kappa shape index (κ1) is 17.4. The van der Waals surface area contributed by atoms with E-state index in [-0.39, 0.29) is 36.6 Å². The third-order valence-corrected chi connectivity index (χ3v) is 4.00. The van der Waals surface area contributed by atoms with E-state index in [1.165, 1.54) is 23.3 Å². The highest BCUT2D eigenvalue weighted by molar-refractivity contribution is 5.85. The van der Waals surface area contributed by atoms with Gasteiger partial charge in [-0.2, -0.15) is 0 Å². The lowest BCUT2D eigenvalue weighted by atomic mass is 9.94. The van der Waals surface area contributed by atoms with E-state index in [1.54, 1.807) is 12.1 Å². The molecular weight excluding hydrogens is 315 g/mol. The van der Waals surface area contributed by atoms with Crippen LogP contribution in [0.15, 0.2) is 48.5 Å². The van der Waals surface area contributed by atoms with Gasteiger partial charge in [0.05, 0.1) is 6.42 Å². The summed E-state index contributed by atoms with van der Waals surface area (Å²) < 4.78 is 12.8. The van der Waals surface area contributed by atoms with E-state index >= 15 is 0 Å². The van der Waals surface area contributed by atoms with E-state index in [9.17, 15) is 9.18 Å². The predicted octanol–water partition coefficient (Wildman–Crippen LogP) is 2.79. The Labute approximate surface area is 141 Å². The second-order valence-electron chi connectivity index (χ2n) is 5.56. The van der Waals surface area contributed by atoms with Gasteiger partial charge in [0.25, 0.3) is 0 Å². The van der Waals surface area contributed by atoms with Gasteiger partial charge in [-0.25, -0.2) is 4.39 Å². The molecule has 0 aromatic heterocycles. The van der Waals surface area contributed by atoms with Gasteiger partial charge >= 0.3 is 0 Å². The minimum atomic E-state index is -0.285. The summed E-state index contributed by atoms with van der Waals surface area (Å²) in [6.45, 7) is 1.49. The van der Waals surface area contributed by atoms with Gasteiger partial charge in [-0.15, -0.1) is 12.4 Å². The van der Waals surface area contributed by atoms with Gasteiger partial charge in [-0.3, -0.25) is 4.79 Å². The van der Waals surface area contributed by atoms with Gasteiger partial charge in [0.1, 0.15) is 5.82 Å². The van der Waals surface area contributed by atoms with Crippen molar-refractivity contribution in [2.75, 3.05) is 13.1 Å². The summed E-state index contributed by atoms with van der Waals surface area (Å²) >= 11 is 0. The molecule has 0 saturated carbocycles. The smallest absolute Gasteiger partial charge is 0.224 e. The zero-order chi connectivity index (χ0) is 15.4. The normalized spacial score (nSPS) is 16.1. The SMILES string of the molecule is Cl.O=C(Cc1ccc(F)cc1)NCC1NCCc2ccccc21. The highest BCUT2D eigenvalue weighted by atomic mass is 35.5. The standard InChI is InChI=1S/C18H19FN2O.ClH/c19-15-7-5-13(6-8-15)11-18(22)21-12-17-16-4-2-1-3-14(16)9-10-20-17;/h1-8,17,20H,9-12H2,(H,21,22);1H. The second-order valence-corrected chi connectivity index (χ2v) is 5.56. The van der Waals surface area contributed by atoms with Crippen molar-refractivity contribution in [2.24, 2.45) is 0 Å². The largest absolute Gasteiger partial charge is 0.354 e. The minimum absolute atomic E-state index is 0. The molecule has 0 radical (unpaired) electrons. The number of benzene rings is 2. The van der Waals surface area contributed by atoms with Crippen LogP contribution < -0.4 is 10.6 Å². The van der Waals surface area contributed by atoms with E-state index < -0.39 is 0 Å². The van der Waals surface area contributed by atoms with Crippen LogP contribution in [-0.2, 0) is 17.6 Å². The second kappa shape index (κ2) is 8.09. The number of hydrogen-bond acceptors (Lipinski definition) is 2. The van der Waals surface area contributed by atoms with Crippen molar-refractivity contribution >= 4 is 18.3 Å². The number of nitrogens with one attached hydrogen (secondary N) is 2. The zero-order valence-corrected chi connectivity index (χ0v) is 13.5. The Morgan fingerprint density at radius 2 is 1.91 bits per heavy atom. The van der Waals surface area contributed by atoms with Gasteiger partial charge < -0.3 is 10.6 Å². The van der Waals surface area contributed by atoms with E-state index in [0.29, 0.717) is 6.54 Å². The third kappa shape index (κ3) is 4.53. The first-order valence-corrected chi connectivity index (χ1v) is 7.55. The van der Waals surface area contributed by atoms with Crippen LogP contribution in [0.3, 0.4) is 0 Å². The van der Waals surface area contributed by atoms with E-state index in [4.69, 9.17) is 0 Å². The summed E-state index contributed by atoms with van der Waals surface area (Å²) in [5.74, 6) is -0.330. The number of hydrogen-bond donors (Lipinski definition) is 2. The molecule has 1 aliphatic heterocycles. The highest BCUT2D eigenvalue weighted by Crippen LogP contribution is 2.21. The molecule has 0 spiro atoms. The van der Waals surface area contributed by atoms with Crippen LogP contribution in [0.2, 0.25) is 0 Å². The lowest BCUT2D eigenvalue weighted by molar-refractivity contribution is -0.120. The molecule has 5 heteroatoms. The van der Waals surface area contributed by atoms with Crippen LogP contribution in [0, 0.1) is 5.82 Å². The number of carbonyl (C=O) groups excluding carboxylic acids is 1. The Bertz CT molecular complexity index is 660. The molecule has 1 atom stereocenters. The average Bonchev–Trinajstić information content (AvgIpc) is 2.55. The first-order chi connectivity index (χ1) is 10.7. The van der Waals surface area contributed by atoms with Crippen molar-refractivity contribution in [3.8, 4) is 0 Å². The molecule has 1 aliphatic rings. The summed E-state index contributed by atoms with van der Waals surface area (Å²) in [7, 11) is 0. The molecule has 23 heavy (non-hydrogen) atoms. The highest BCUT2D eigenvalue weighted by Gasteiger charge is 2.19. The number of fused-ring (bicyclic) bond motifs is 1. The number of amides is 1. The number of carbonyl (C=O) groups is 1. The van der Waals surface area contributed by atoms with Gasteiger partial charge in [-0.05, 0) is 41.8 Å².